The number of ether oxygens (including phenoxy) is 2. The van der Waals surface area contributed by atoms with Gasteiger partial charge >= 0.3 is 0 Å². The molecule has 2 aromatic rings. The number of amides is 2. The van der Waals surface area contributed by atoms with Gasteiger partial charge < -0.3 is 19.7 Å². The minimum atomic E-state index is -0.117. The van der Waals surface area contributed by atoms with Crippen molar-refractivity contribution in [1.82, 2.24) is 4.90 Å². The highest BCUT2D eigenvalue weighted by Gasteiger charge is 2.28. The Bertz CT molecular complexity index is 786. The molecule has 0 spiro atoms. The summed E-state index contributed by atoms with van der Waals surface area (Å²) >= 11 is 0. The fourth-order valence-corrected chi connectivity index (χ4v) is 3.23. The zero-order chi connectivity index (χ0) is 19.8. The first-order chi connectivity index (χ1) is 13.7. The molecule has 2 amide bonds. The number of nitrogens with one attached hydrogen (secondary N) is 1. The zero-order valence-electron chi connectivity index (χ0n) is 16.1. The van der Waals surface area contributed by atoms with Crippen LogP contribution in [0.25, 0.3) is 0 Å². The highest BCUT2D eigenvalue weighted by molar-refractivity contribution is 5.94. The third-order valence-corrected chi connectivity index (χ3v) is 4.77. The number of benzene rings is 2. The number of nitrogens with zero attached hydrogens (tertiary/aromatic N) is 1. The van der Waals surface area contributed by atoms with Gasteiger partial charge in [-0.05, 0) is 44.0 Å². The molecule has 1 fully saturated rings. The maximum absolute atomic E-state index is 12.6. The Morgan fingerprint density at radius 3 is 2.39 bits per heavy atom. The number of rotatable bonds is 7. The largest absolute Gasteiger partial charge is 0.492 e. The summed E-state index contributed by atoms with van der Waals surface area (Å²) in [6.45, 7) is 3.58. The lowest BCUT2D eigenvalue weighted by atomic mass is 9.95. The second-order valence-electron chi connectivity index (χ2n) is 6.68. The number of para-hydroxylation sites is 3. The molecular weight excluding hydrogens is 356 g/mol. The van der Waals surface area contributed by atoms with Crippen LogP contribution in [0.2, 0.25) is 0 Å². The Balaban J connectivity index is 1.47. The normalized spacial score (nSPS) is 14.4. The van der Waals surface area contributed by atoms with Crippen LogP contribution in [0.4, 0.5) is 5.69 Å². The number of carbonyl (C=O) groups is 2. The molecule has 1 aliphatic heterocycles. The number of piperidine rings is 1. The fraction of sp³-hybridized carbons (Fsp3) is 0.364. The van der Waals surface area contributed by atoms with E-state index in [9.17, 15) is 9.59 Å². The first-order valence-electron chi connectivity index (χ1n) is 9.65. The Morgan fingerprint density at radius 1 is 1.00 bits per heavy atom. The van der Waals surface area contributed by atoms with Crippen molar-refractivity contribution < 1.29 is 19.1 Å². The number of hydrogen-bond acceptors (Lipinski definition) is 4. The summed E-state index contributed by atoms with van der Waals surface area (Å²) in [5, 5.41) is 2.96. The average Bonchev–Trinajstić information content (AvgIpc) is 2.74. The van der Waals surface area contributed by atoms with E-state index in [-0.39, 0.29) is 24.3 Å². The molecule has 1 N–H and O–H groups in total. The monoisotopic (exact) mass is 382 g/mol. The summed E-state index contributed by atoms with van der Waals surface area (Å²) in [4.78, 5) is 26.7. The molecule has 28 heavy (non-hydrogen) atoms. The van der Waals surface area contributed by atoms with Crippen LogP contribution in [0.3, 0.4) is 0 Å². The van der Waals surface area contributed by atoms with Crippen molar-refractivity contribution in [3.63, 3.8) is 0 Å². The summed E-state index contributed by atoms with van der Waals surface area (Å²) in [5.74, 6) is 1.15. The lowest BCUT2D eigenvalue weighted by molar-refractivity contribution is -0.136. The van der Waals surface area contributed by atoms with Crippen molar-refractivity contribution in [2.75, 3.05) is 31.6 Å². The molecule has 0 radical (unpaired) electrons. The molecule has 1 aliphatic rings. The van der Waals surface area contributed by atoms with E-state index >= 15 is 0 Å². The van der Waals surface area contributed by atoms with Crippen LogP contribution in [0.15, 0.2) is 54.6 Å². The molecule has 1 saturated heterocycles. The van der Waals surface area contributed by atoms with Crippen molar-refractivity contribution in [3.05, 3.63) is 54.6 Å². The fourth-order valence-electron chi connectivity index (χ4n) is 3.23. The predicted octanol–water partition coefficient (Wildman–Crippen LogP) is 3.34. The molecule has 0 aromatic heterocycles. The van der Waals surface area contributed by atoms with Gasteiger partial charge in [0.05, 0.1) is 12.3 Å². The molecule has 1 heterocycles. The summed E-state index contributed by atoms with van der Waals surface area (Å²) in [6.07, 6.45) is 1.28. The van der Waals surface area contributed by atoms with Gasteiger partial charge in [0.15, 0.2) is 6.61 Å². The van der Waals surface area contributed by atoms with E-state index in [1.807, 2.05) is 61.5 Å². The molecule has 0 unspecified atom stereocenters. The zero-order valence-corrected chi connectivity index (χ0v) is 16.1. The van der Waals surface area contributed by atoms with Crippen LogP contribution in [0.5, 0.6) is 11.5 Å². The van der Waals surface area contributed by atoms with E-state index < -0.39 is 0 Å². The van der Waals surface area contributed by atoms with E-state index in [1.165, 1.54) is 0 Å². The van der Waals surface area contributed by atoms with Crippen molar-refractivity contribution in [3.8, 4) is 11.5 Å². The van der Waals surface area contributed by atoms with E-state index in [1.54, 1.807) is 4.90 Å². The molecule has 0 bridgehead atoms. The van der Waals surface area contributed by atoms with E-state index in [2.05, 4.69) is 5.32 Å². The van der Waals surface area contributed by atoms with Crippen molar-refractivity contribution in [1.29, 1.82) is 0 Å². The SMILES string of the molecule is CCOc1ccccc1NC(=O)C1CCN(C(=O)COc2ccccc2)CC1. The molecule has 148 valence electrons. The van der Waals surface area contributed by atoms with Gasteiger partial charge in [-0.2, -0.15) is 0 Å². The van der Waals surface area contributed by atoms with Crippen LogP contribution >= 0.6 is 0 Å². The number of likely N-dealkylation sites (tertiary alicyclic amines) is 1. The van der Waals surface area contributed by atoms with E-state index in [0.29, 0.717) is 49.7 Å². The van der Waals surface area contributed by atoms with Crippen molar-refractivity contribution in [2.45, 2.75) is 19.8 Å². The smallest absolute Gasteiger partial charge is 0.260 e. The van der Waals surface area contributed by atoms with Gasteiger partial charge in [-0.15, -0.1) is 0 Å². The second-order valence-corrected chi connectivity index (χ2v) is 6.68. The van der Waals surface area contributed by atoms with Crippen molar-refractivity contribution >= 4 is 17.5 Å². The van der Waals surface area contributed by atoms with Gasteiger partial charge in [0.1, 0.15) is 11.5 Å². The summed E-state index contributed by atoms with van der Waals surface area (Å²) < 4.78 is 11.1. The Labute approximate surface area is 165 Å². The highest BCUT2D eigenvalue weighted by Crippen LogP contribution is 2.26. The van der Waals surface area contributed by atoms with Gasteiger partial charge in [-0.25, -0.2) is 0 Å². The highest BCUT2D eigenvalue weighted by atomic mass is 16.5. The number of carbonyl (C=O) groups excluding carboxylic acids is 2. The van der Waals surface area contributed by atoms with Gasteiger partial charge in [-0.1, -0.05) is 30.3 Å². The predicted molar refractivity (Wildman–Crippen MR) is 107 cm³/mol. The quantitative estimate of drug-likeness (QED) is 0.798. The Morgan fingerprint density at radius 2 is 1.68 bits per heavy atom. The van der Waals surface area contributed by atoms with Gasteiger partial charge in [0.25, 0.3) is 5.91 Å². The van der Waals surface area contributed by atoms with Crippen molar-refractivity contribution in [2.24, 2.45) is 5.92 Å². The molecule has 3 rings (SSSR count). The first kappa shape index (κ1) is 19.7. The number of hydrogen-bond donors (Lipinski definition) is 1. The van der Waals surface area contributed by atoms with Gasteiger partial charge in [-0.3, -0.25) is 9.59 Å². The molecule has 6 nitrogen and oxygen atoms in total. The second kappa shape index (κ2) is 9.78. The molecule has 0 aliphatic carbocycles. The van der Waals surface area contributed by atoms with Crippen LogP contribution in [-0.4, -0.2) is 43.0 Å². The van der Waals surface area contributed by atoms with Crippen LogP contribution in [0.1, 0.15) is 19.8 Å². The Hall–Kier alpha value is -3.02. The summed E-state index contributed by atoms with van der Waals surface area (Å²) in [5.41, 5.74) is 0.684. The topological polar surface area (TPSA) is 67.9 Å². The maximum atomic E-state index is 12.6. The standard InChI is InChI=1S/C22H26N2O4/c1-2-27-20-11-7-6-10-19(20)23-22(26)17-12-14-24(15-13-17)21(25)16-28-18-8-4-3-5-9-18/h3-11,17H,2,12-16H2,1H3,(H,23,26). The lowest BCUT2D eigenvalue weighted by Crippen LogP contribution is -2.43. The molecule has 0 atom stereocenters. The summed E-state index contributed by atoms with van der Waals surface area (Å²) in [6, 6.07) is 16.7. The maximum Gasteiger partial charge on any atom is 0.260 e. The lowest BCUT2D eigenvalue weighted by Gasteiger charge is -2.31. The van der Waals surface area contributed by atoms with Crippen LogP contribution in [0, 0.1) is 5.92 Å². The molecular formula is C22H26N2O4. The van der Waals surface area contributed by atoms with Gasteiger partial charge in [0.2, 0.25) is 5.91 Å². The molecule has 0 saturated carbocycles. The molecule has 6 heteroatoms. The summed E-state index contributed by atoms with van der Waals surface area (Å²) in [7, 11) is 0. The third kappa shape index (κ3) is 5.25. The van der Waals surface area contributed by atoms with Crippen LogP contribution < -0.4 is 14.8 Å². The Kier molecular flexibility index (Phi) is 6.89. The van der Waals surface area contributed by atoms with Crippen LogP contribution in [-0.2, 0) is 9.59 Å². The van der Waals surface area contributed by atoms with Gasteiger partial charge in [0, 0.05) is 19.0 Å². The van der Waals surface area contributed by atoms with E-state index in [0.717, 1.165) is 0 Å². The molecule has 2 aromatic carbocycles. The van der Waals surface area contributed by atoms with E-state index in [4.69, 9.17) is 9.47 Å². The third-order valence-electron chi connectivity index (χ3n) is 4.77. The number of anilines is 1. The first-order valence-corrected chi connectivity index (χ1v) is 9.65. The minimum Gasteiger partial charge on any atom is -0.492 e. The average molecular weight is 382 g/mol. The minimum absolute atomic E-state index is 0.0165.